The van der Waals surface area contributed by atoms with Gasteiger partial charge < -0.3 is 4.74 Å². The number of halogens is 1. The van der Waals surface area contributed by atoms with Gasteiger partial charge in [-0.15, -0.1) is 0 Å². The van der Waals surface area contributed by atoms with E-state index in [-0.39, 0.29) is 5.78 Å². The molecule has 0 bridgehead atoms. The van der Waals surface area contributed by atoms with Gasteiger partial charge in [-0.1, -0.05) is 18.0 Å². The number of methoxy groups -OCH3 is 1. The molecule has 0 aromatic heterocycles. The third-order valence-corrected chi connectivity index (χ3v) is 4.12. The highest BCUT2D eigenvalue weighted by molar-refractivity contribution is 6.30. The summed E-state index contributed by atoms with van der Waals surface area (Å²) >= 11 is 6.08. The molecule has 1 saturated heterocycles. The molecule has 0 N–H and O–H groups in total. The van der Waals surface area contributed by atoms with Gasteiger partial charge in [0.05, 0.1) is 7.11 Å². The molecule has 1 fully saturated rings. The minimum absolute atomic E-state index is 0.264. The average Bonchev–Trinajstić information content (AvgIpc) is 2.41. The summed E-state index contributed by atoms with van der Waals surface area (Å²) < 4.78 is 5.41. The molecule has 4 heteroatoms. The standard InChI is InChI=1S/C16H22ClNO2/c1-12(19)9-15-5-3-4-8-18(15)11-13-10-14(17)6-7-16(13)20-2/h6-7,10,15H,3-5,8-9,11H2,1-2H3. The lowest BCUT2D eigenvalue weighted by molar-refractivity contribution is -0.118. The maximum absolute atomic E-state index is 11.4. The van der Waals surface area contributed by atoms with E-state index in [4.69, 9.17) is 16.3 Å². The normalized spacial score (nSPS) is 19.9. The van der Waals surface area contributed by atoms with Gasteiger partial charge >= 0.3 is 0 Å². The van der Waals surface area contributed by atoms with Crippen molar-refractivity contribution in [3.8, 4) is 5.75 Å². The van der Waals surface area contributed by atoms with Crippen molar-refractivity contribution in [2.45, 2.75) is 45.2 Å². The average molecular weight is 296 g/mol. The molecule has 110 valence electrons. The summed E-state index contributed by atoms with van der Waals surface area (Å²) in [5, 5.41) is 0.723. The second-order valence-corrected chi connectivity index (χ2v) is 5.92. The van der Waals surface area contributed by atoms with E-state index in [2.05, 4.69) is 4.90 Å². The second kappa shape index (κ2) is 7.09. The molecule has 20 heavy (non-hydrogen) atoms. The van der Waals surface area contributed by atoms with Gasteiger partial charge in [-0.05, 0) is 44.5 Å². The van der Waals surface area contributed by atoms with Crippen molar-refractivity contribution in [2.75, 3.05) is 13.7 Å². The van der Waals surface area contributed by atoms with Gasteiger partial charge in [0.1, 0.15) is 11.5 Å². The minimum Gasteiger partial charge on any atom is -0.496 e. The van der Waals surface area contributed by atoms with E-state index in [1.165, 1.54) is 12.8 Å². The highest BCUT2D eigenvalue weighted by Crippen LogP contribution is 2.28. The smallest absolute Gasteiger partial charge is 0.131 e. The van der Waals surface area contributed by atoms with E-state index in [9.17, 15) is 4.79 Å². The van der Waals surface area contributed by atoms with Gasteiger partial charge in [-0.2, -0.15) is 0 Å². The molecular weight excluding hydrogens is 274 g/mol. The zero-order chi connectivity index (χ0) is 14.5. The quantitative estimate of drug-likeness (QED) is 0.830. The molecule has 1 aromatic carbocycles. The summed E-state index contributed by atoms with van der Waals surface area (Å²) in [7, 11) is 1.68. The third kappa shape index (κ3) is 3.97. The van der Waals surface area contributed by atoms with Crippen LogP contribution >= 0.6 is 11.6 Å². The molecule has 2 rings (SSSR count). The minimum atomic E-state index is 0.264. The Labute approximate surface area is 125 Å². The second-order valence-electron chi connectivity index (χ2n) is 5.48. The van der Waals surface area contributed by atoms with Crippen LogP contribution in [-0.2, 0) is 11.3 Å². The van der Waals surface area contributed by atoms with Crippen molar-refractivity contribution in [3.05, 3.63) is 28.8 Å². The molecule has 0 saturated carbocycles. The van der Waals surface area contributed by atoms with E-state index >= 15 is 0 Å². The molecule has 3 nitrogen and oxygen atoms in total. The fourth-order valence-corrected chi connectivity index (χ4v) is 3.12. The Balaban J connectivity index is 2.13. The van der Waals surface area contributed by atoms with Crippen LogP contribution < -0.4 is 4.74 Å². The van der Waals surface area contributed by atoms with Gasteiger partial charge in [0.15, 0.2) is 0 Å². The van der Waals surface area contributed by atoms with Crippen molar-refractivity contribution < 1.29 is 9.53 Å². The molecule has 1 atom stereocenters. The van der Waals surface area contributed by atoms with Crippen molar-refractivity contribution in [1.29, 1.82) is 0 Å². The van der Waals surface area contributed by atoms with Crippen LogP contribution in [0.15, 0.2) is 18.2 Å². The van der Waals surface area contributed by atoms with Crippen LogP contribution in [0.4, 0.5) is 0 Å². The van der Waals surface area contributed by atoms with Gasteiger partial charge in [-0.25, -0.2) is 0 Å². The number of ketones is 1. The Bertz CT molecular complexity index is 476. The summed E-state index contributed by atoms with van der Waals surface area (Å²) in [6.07, 6.45) is 4.14. The molecule has 1 aliphatic rings. The van der Waals surface area contributed by atoms with Crippen molar-refractivity contribution in [1.82, 2.24) is 4.90 Å². The molecule has 1 aromatic rings. The molecule has 0 aliphatic carbocycles. The Kier molecular flexibility index (Phi) is 5.44. The number of carbonyl (C=O) groups is 1. The summed E-state index contributed by atoms with van der Waals surface area (Å²) in [6, 6.07) is 6.05. The number of ether oxygens (including phenoxy) is 1. The van der Waals surface area contributed by atoms with Crippen LogP contribution in [0.25, 0.3) is 0 Å². The monoisotopic (exact) mass is 295 g/mol. The summed E-state index contributed by atoms with van der Waals surface area (Å²) in [6.45, 7) is 3.50. The summed E-state index contributed by atoms with van der Waals surface area (Å²) in [4.78, 5) is 13.8. The van der Waals surface area contributed by atoms with Crippen LogP contribution in [0.3, 0.4) is 0 Å². The zero-order valence-electron chi connectivity index (χ0n) is 12.2. The SMILES string of the molecule is COc1ccc(Cl)cc1CN1CCCCC1CC(C)=O. The maximum Gasteiger partial charge on any atom is 0.131 e. The van der Waals surface area contributed by atoms with E-state index in [1.54, 1.807) is 14.0 Å². The number of rotatable bonds is 5. The molecular formula is C16H22ClNO2. The predicted octanol–water partition coefficient (Wildman–Crippen LogP) is 3.68. The Morgan fingerprint density at radius 1 is 1.45 bits per heavy atom. The van der Waals surface area contributed by atoms with E-state index in [0.29, 0.717) is 12.5 Å². The number of nitrogens with zero attached hydrogens (tertiary/aromatic N) is 1. The Morgan fingerprint density at radius 3 is 2.95 bits per heavy atom. The highest BCUT2D eigenvalue weighted by Gasteiger charge is 2.24. The molecule has 1 unspecified atom stereocenters. The molecule has 0 amide bonds. The Morgan fingerprint density at radius 2 is 2.25 bits per heavy atom. The van der Waals surface area contributed by atoms with E-state index in [1.807, 2.05) is 18.2 Å². The van der Waals surface area contributed by atoms with Gasteiger partial charge in [-0.3, -0.25) is 9.69 Å². The molecule has 0 radical (unpaired) electrons. The topological polar surface area (TPSA) is 29.5 Å². The lowest BCUT2D eigenvalue weighted by Gasteiger charge is -2.35. The first-order valence-corrected chi connectivity index (χ1v) is 7.54. The third-order valence-electron chi connectivity index (χ3n) is 3.89. The first kappa shape index (κ1) is 15.3. The number of benzene rings is 1. The maximum atomic E-state index is 11.4. The first-order valence-electron chi connectivity index (χ1n) is 7.16. The summed E-state index contributed by atoms with van der Waals surface area (Å²) in [5.74, 6) is 1.13. The molecule has 1 heterocycles. The van der Waals surface area contributed by atoms with Crippen LogP contribution in [0.2, 0.25) is 5.02 Å². The summed E-state index contributed by atoms with van der Waals surface area (Å²) in [5.41, 5.74) is 1.09. The van der Waals surface area contributed by atoms with Crippen LogP contribution in [0.1, 0.15) is 38.2 Å². The number of piperidine rings is 1. The fourth-order valence-electron chi connectivity index (χ4n) is 2.92. The van der Waals surface area contributed by atoms with Crippen LogP contribution in [0.5, 0.6) is 5.75 Å². The molecule has 0 spiro atoms. The van der Waals surface area contributed by atoms with Crippen LogP contribution in [0, 0.1) is 0 Å². The number of hydrogen-bond donors (Lipinski definition) is 0. The van der Waals surface area contributed by atoms with E-state index in [0.717, 1.165) is 35.8 Å². The zero-order valence-corrected chi connectivity index (χ0v) is 12.9. The highest BCUT2D eigenvalue weighted by atomic mass is 35.5. The number of Topliss-reactive ketones (excluding diaryl/α,β-unsaturated/α-hetero) is 1. The van der Waals surface area contributed by atoms with Crippen molar-refractivity contribution in [2.24, 2.45) is 0 Å². The largest absolute Gasteiger partial charge is 0.496 e. The number of hydrogen-bond acceptors (Lipinski definition) is 3. The molecule has 1 aliphatic heterocycles. The van der Waals surface area contributed by atoms with Crippen molar-refractivity contribution in [3.63, 3.8) is 0 Å². The fraction of sp³-hybridized carbons (Fsp3) is 0.562. The van der Waals surface area contributed by atoms with Gasteiger partial charge in [0.2, 0.25) is 0 Å². The first-order chi connectivity index (χ1) is 9.60. The van der Waals surface area contributed by atoms with Crippen molar-refractivity contribution >= 4 is 17.4 Å². The Hall–Kier alpha value is -1.06. The van der Waals surface area contributed by atoms with Gasteiger partial charge in [0.25, 0.3) is 0 Å². The van der Waals surface area contributed by atoms with Gasteiger partial charge in [0, 0.05) is 29.6 Å². The number of carbonyl (C=O) groups excluding carboxylic acids is 1. The lowest BCUT2D eigenvalue weighted by atomic mass is 9.97. The number of likely N-dealkylation sites (tertiary alicyclic amines) is 1. The predicted molar refractivity (Wildman–Crippen MR) is 81.4 cm³/mol. The van der Waals surface area contributed by atoms with E-state index < -0.39 is 0 Å². The lowest BCUT2D eigenvalue weighted by Crippen LogP contribution is -2.40. The van der Waals surface area contributed by atoms with Crippen LogP contribution in [-0.4, -0.2) is 30.4 Å².